The number of rotatable bonds is 4. The molecule has 1 fully saturated rings. The van der Waals surface area contributed by atoms with Crippen LogP contribution in [0.3, 0.4) is 0 Å². The third-order valence-electron chi connectivity index (χ3n) is 5.00. The molecule has 2 heterocycles. The summed E-state index contributed by atoms with van der Waals surface area (Å²) in [7, 11) is 0. The van der Waals surface area contributed by atoms with E-state index >= 15 is 0 Å². The molecule has 1 amide bonds. The molecular weight excluding hydrogens is 371 g/mol. The fourth-order valence-corrected chi connectivity index (χ4v) is 3.69. The number of nitrogens with one attached hydrogen (secondary N) is 1. The van der Waals surface area contributed by atoms with Gasteiger partial charge in [0.25, 0.3) is 5.92 Å². The maximum absolute atomic E-state index is 14.9. The number of benzene rings is 1. The highest BCUT2D eigenvalue weighted by Crippen LogP contribution is 2.45. The predicted octanol–water partition coefficient (Wildman–Crippen LogP) is 3.67. The second kappa shape index (κ2) is 7.08. The van der Waals surface area contributed by atoms with Gasteiger partial charge in [-0.2, -0.15) is 5.10 Å². The van der Waals surface area contributed by atoms with E-state index in [-0.39, 0.29) is 42.4 Å². The van der Waals surface area contributed by atoms with Crippen LogP contribution in [-0.4, -0.2) is 45.1 Å². The summed E-state index contributed by atoms with van der Waals surface area (Å²) in [5.74, 6) is -5.93. The van der Waals surface area contributed by atoms with E-state index in [1.165, 1.54) is 17.2 Å². The first kappa shape index (κ1) is 19.0. The number of nitrogens with zero attached hydrogens (tertiary/aromatic N) is 2. The Morgan fingerprint density at radius 1 is 1.50 bits per heavy atom. The standard InChI is InChI=1S/C17H19ClF3N3O2/c1-2-12(25)24-5-3-10(4-6-24)17(20,21)16(26)13-14(19)11(18)7-9-8-22-23-15(9)13/h7-8,10,16,26H,2-6H2,1H3,(H,22,23). The number of carbonyl (C=O) groups excluding carboxylic acids is 1. The summed E-state index contributed by atoms with van der Waals surface area (Å²) >= 11 is 5.78. The molecule has 9 heteroatoms. The Bertz CT molecular complexity index is 819. The fourth-order valence-electron chi connectivity index (χ4n) is 3.47. The fraction of sp³-hybridized carbons (Fsp3) is 0.529. The lowest BCUT2D eigenvalue weighted by atomic mass is 9.84. The summed E-state index contributed by atoms with van der Waals surface area (Å²) in [6, 6.07) is 1.26. The highest BCUT2D eigenvalue weighted by Gasteiger charge is 2.49. The number of H-pyrrole nitrogens is 1. The molecule has 1 unspecified atom stereocenters. The van der Waals surface area contributed by atoms with Gasteiger partial charge in [-0.1, -0.05) is 18.5 Å². The average Bonchev–Trinajstić information content (AvgIpc) is 3.09. The monoisotopic (exact) mass is 389 g/mol. The van der Waals surface area contributed by atoms with Gasteiger partial charge in [0, 0.05) is 36.4 Å². The van der Waals surface area contributed by atoms with Crippen molar-refractivity contribution in [1.82, 2.24) is 15.1 Å². The highest BCUT2D eigenvalue weighted by molar-refractivity contribution is 6.31. The molecule has 1 aliphatic rings. The number of likely N-dealkylation sites (tertiary alicyclic amines) is 1. The van der Waals surface area contributed by atoms with Crippen LogP contribution in [0.5, 0.6) is 0 Å². The first-order chi connectivity index (χ1) is 12.3. The zero-order chi connectivity index (χ0) is 19.1. The van der Waals surface area contributed by atoms with Crippen LogP contribution in [0.15, 0.2) is 12.3 Å². The Hall–Kier alpha value is -1.80. The normalized spacial score (nSPS) is 17.7. The second-order valence-electron chi connectivity index (χ2n) is 6.51. The van der Waals surface area contributed by atoms with E-state index in [0.717, 1.165) is 0 Å². The van der Waals surface area contributed by atoms with E-state index in [1.54, 1.807) is 6.92 Å². The molecule has 0 bridgehead atoms. The molecule has 5 nitrogen and oxygen atoms in total. The van der Waals surface area contributed by atoms with Crippen molar-refractivity contribution in [3.63, 3.8) is 0 Å². The van der Waals surface area contributed by atoms with Crippen molar-refractivity contribution in [1.29, 1.82) is 0 Å². The molecule has 3 rings (SSSR count). The van der Waals surface area contributed by atoms with Gasteiger partial charge in [0.15, 0.2) is 0 Å². The van der Waals surface area contributed by atoms with Crippen LogP contribution in [0, 0.1) is 11.7 Å². The number of aromatic nitrogens is 2. The summed E-state index contributed by atoms with van der Waals surface area (Å²) < 4.78 is 44.3. The molecule has 0 saturated carbocycles. The molecule has 1 aromatic carbocycles. The van der Waals surface area contributed by atoms with Crippen molar-refractivity contribution >= 4 is 28.4 Å². The van der Waals surface area contributed by atoms with Crippen LogP contribution < -0.4 is 0 Å². The lowest BCUT2D eigenvalue weighted by molar-refractivity contribution is -0.164. The van der Waals surface area contributed by atoms with Gasteiger partial charge in [0.05, 0.1) is 16.7 Å². The van der Waals surface area contributed by atoms with Crippen molar-refractivity contribution in [2.24, 2.45) is 5.92 Å². The number of carbonyl (C=O) groups is 1. The van der Waals surface area contributed by atoms with E-state index in [0.29, 0.717) is 11.8 Å². The third-order valence-corrected chi connectivity index (χ3v) is 5.27. The number of amides is 1. The number of piperidine rings is 1. The topological polar surface area (TPSA) is 69.2 Å². The smallest absolute Gasteiger partial charge is 0.280 e. The van der Waals surface area contributed by atoms with Crippen LogP contribution in [0.2, 0.25) is 5.02 Å². The Labute approximate surface area is 153 Å². The first-order valence-electron chi connectivity index (χ1n) is 8.42. The summed E-state index contributed by atoms with van der Waals surface area (Å²) in [6.07, 6.45) is -0.671. The van der Waals surface area contributed by atoms with Gasteiger partial charge in [-0.15, -0.1) is 0 Å². The molecule has 2 N–H and O–H groups in total. The molecule has 1 atom stereocenters. The van der Waals surface area contributed by atoms with Gasteiger partial charge in [-0.3, -0.25) is 9.89 Å². The summed E-state index contributed by atoms with van der Waals surface area (Å²) in [5, 5.41) is 16.5. The van der Waals surface area contributed by atoms with Crippen LogP contribution in [0.4, 0.5) is 13.2 Å². The maximum Gasteiger partial charge on any atom is 0.280 e. The van der Waals surface area contributed by atoms with Gasteiger partial charge in [0.2, 0.25) is 5.91 Å². The van der Waals surface area contributed by atoms with Gasteiger partial charge in [-0.25, -0.2) is 13.2 Å². The van der Waals surface area contributed by atoms with E-state index in [2.05, 4.69) is 10.2 Å². The van der Waals surface area contributed by atoms with Gasteiger partial charge in [-0.05, 0) is 18.9 Å². The summed E-state index contributed by atoms with van der Waals surface area (Å²) in [5.41, 5.74) is -0.584. The van der Waals surface area contributed by atoms with E-state index in [1.807, 2.05) is 0 Å². The van der Waals surface area contributed by atoms with Crippen molar-refractivity contribution in [2.75, 3.05) is 13.1 Å². The van der Waals surface area contributed by atoms with Crippen molar-refractivity contribution in [2.45, 2.75) is 38.2 Å². The number of alkyl halides is 2. The molecule has 2 aromatic rings. The number of aliphatic hydroxyl groups is 1. The first-order valence-corrected chi connectivity index (χ1v) is 8.79. The van der Waals surface area contributed by atoms with Crippen LogP contribution in [0.25, 0.3) is 10.9 Å². The quantitative estimate of drug-likeness (QED) is 0.838. The molecule has 26 heavy (non-hydrogen) atoms. The SMILES string of the molecule is CCC(=O)N1CCC(C(F)(F)C(O)c2c(F)c(Cl)cc3cn[nH]c23)CC1. The van der Waals surface area contributed by atoms with Crippen LogP contribution >= 0.6 is 11.6 Å². The van der Waals surface area contributed by atoms with Gasteiger partial charge in [0.1, 0.15) is 11.9 Å². The number of hydrogen-bond donors (Lipinski definition) is 2. The number of aliphatic hydroxyl groups excluding tert-OH is 1. The molecule has 142 valence electrons. The highest BCUT2D eigenvalue weighted by atomic mass is 35.5. The Morgan fingerprint density at radius 2 is 2.15 bits per heavy atom. The minimum absolute atomic E-state index is 0.00216. The number of aromatic amines is 1. The van der Waals surface area contributed by atoms with E-state index in [4.69, 9.17) is 11.6 Å². The second-order valence-corrected chi connectivity index (χ2v) is 6.91. The molecule has 1 aliphatic heterocycles. The van der Waals surface area contributed by atoms with Gasteiger partial charge >= 0.3 is 0 Å². The summed E-state index contributed by atoms with van der Waals surface area (Å²) in [6.45, 7) is 2.10. The summed E-state index contributed by atoms with van der Waals surface area (Å²) in [4.78, 5) is 13.2. The zero-order valence-corrected chi connectivity index (χ0v) is 14.9. The minimum Gasteiger partial charge on any atom is -0.382 e. The van der Waals surface area contributed by atoms with Crippen LogP contribution in [-0.2, 0) is 4.79 Å². The molecule has 0 radical (unpaired) electrons. The molecule has 0 spiro atoms. The largest absolute Gasteiger partial charge is 0.382 e. The van der Waals surface area contributed by atoms with E-state index in [9.17, 15) is 23.1 Å². The lowest BCUT2D eigenvalue weighted by Crippen LogP contribution is -2.45. The maximum atomic E-state index is 14.9. The molecule has 0 aliphatic carbocycles. The Balaban J connectivity index is 1.88. The van der Waals surface area contributed by atoms with Crippen molar-refractivity contribution in [3.8, 4) is 0 Å². The number of fused-ring (bicyclic) bond motifs is 1. The van der Waals surface area contributed by atoms with Crippen LogP contribution in [0.1, 0.15) is 37.9 Å². The van der Waals surface area contributed by atoms with E-state index < -0.39 is 29.3 Å². The predicted molar refractivity (Wildman–Crippen MR) is 90.6 cm³/mol. The molecule has 1 aromatic heterocycles. The lowest BCUT2D eigenvalue weighted by Gasteiger charge is -2.37. The minimum atomic E-state index is -3.58. The zero-order valence-electron chi connectivity index (χ0n) is 14.1. The average molecular weight is 390 g/mol. The molecule has 1 saturated heterocycles. The number of halogens is 4. The third kappa shape index (κ3) is 3.16. The van der Waals surface area contributed by atoms with Crippen molar-refractivity contribution < 1.29 is 23.1 Å². The molecular formula is C17H19ClF3N3O2. The number of hydrogen-bond acceptors (Lipinski definition) is 3. The van der Waals surface area contributed by atoms with Crippen molar-refractivity contribution in [3.05, 3.63) is 28.7 Å². The Kier molecular flexibility index (Phi) is 5.16. The Morgan fingerprint density at radius 3 is 2.77 bits per heavy atom. The van der Waals surface area contributed by atoms with Gasteiger partial charge < -0.3 is 10.0 Å².